The number of fused-ring (bicyclic) bond motifs is 1. The van der Waals surface area contributed by atoms with Crippen LogP contribution >= 0.6 is 11.3 Å². The Labute approximate surface area is 215 Å². The number of anilines is 1. The number of aromatic nitrogens is 3. The summed E-state index contributed by atoms with van der Waals surface area (Å²) in [5, 5.41) is 0.581. The van der Waals surface area contributed by atoms with Gasteiger partial charge in [-0.2, -0.15) is 0 Å². The Hall–Kier alpha value is -3.96. The number of nitrogens with zero attached hydrogens (tertiary/aromatic N) is 2. The molecule has 0 aliphatic rings. The van der Waals surface area contributed by atoms with Crippen LogP contribution in [0.3, 0.4) is 0 Å². The van der Waals surface area contributed by atoms with Crippen molar-refractivity contribution in [3.8, 4) is 20.9 Å². The van der Waals surface area contributed by atoms with Gasteiger partial charge >= 0.3 is 0 Å². The largest absolute Gasteiger partial charge is 0.337 e. The van der Waals surface area contributed by atoms with Gasteiger partial charge < -0.3 is 4.98 Å². The Balaban J connectivity index is 1.47. The lowest BCUT2D eigenvalue weighted by Crippen LogP contribution is -2.18. The first-order valence-electron chi connectivity index (χ1n) is 11.3. The number of thiophene rings is 1. The third-order valence-electron chi connectivity index (χ3n) is 5.61. The maximum absolute atomic E-state index is 15.1. The molecule has 0 spiro atoms. The number of halogens is 2. The summed E-state index contributed by atoms with van der Waals surface area (Å²) in [5.74, 6) is -3.58. The van der Waals surface area contributed by atoms with E-state index in [1.165, 1.54) is 6.07 Å². The van der Waals surface area contributed by atoms with Crippen molar-refractivity contribution in [1.82, 2.24) is 15.0 Å². The lowest BCUT2D eigenvalue weighted by molar-refractivity contribution is 0.102. The Morgan fingerprint density at radius 2 is 1.84 bits per heavy atom. The highest BCUT2D eigenvalue weighted by molar-refractivity contribution is 7.92. The van der Waals surface area contributed by atoms with E-state index in [2.05, 4.69) is 19.7 Å². The summed E-state index contributed by atoms with van der Waals surface area (Å²) in [7, 11) is -3.84. The van der Waals surface area contributed by atoms with Crippen LogP contribution in [0.25, 0.3) is 31.9 Å². The van der Waals surface area contributed by atoms with Crippen LogP contribution in [-0.4, -0.2) is 34.9 Å². The van der Waals surface area contributed by atoms with Crippen LogP contribution in [0.1, 0.15) is 29.4 Å². The summed E-state index contributed by atoms with van der Waals surface area (Å²) >= 11 is 1.56. The topological polar surface area (TPSA) is 105 Å². The number of hydrogen-bond donors (Lipinski definition) is 2. The molecule has 7 nitrogen and oxygen atoms in total. The number of rotatable bonds is 8. The number of hydrogen-bond acceptors (Lipinski definition) is 6. The Morgan fingerprint density at radius 3 is 2.57 bits per heavy atom. The fourth-order valence-corrected chi connectivity index (χ4v) is 6.00. The third kappa shape index (κ3) is 5.00. The van der Waals surface area contributed by atoms with Gasteiger partial charge in [-0.3, -0.25) is 14.5 Å². The first-order chi connectivity index (χ1) is 17.8. The average Bonchev–Trinajstić information content (AvgIpc) is 3.53. The van der Waals surface area contributed by atoms with Crippen molar-refractivity contribution in [1.29, 1.82) is 0 Å². The molecule has 5 aromatic rings. The van der Waals surface area contributed by atoms with Gasteiger partial charge in [0.25, 0.3) is 0 Å². The normalized spacial score (nSPS) is 11.6. The average molecular weight is 539 g/mol. The van der Waals surface area contributed by atoms with Crippen LogP contribution in [0.2, 0.25) is 0 Å². The molecule has 0 aliphatic carbocycles. The minimum atomic E-state index is -3.84. The molecular formula is C26H20F2N4O3S2. The van der Waals surface area contributed by atoms with Crippen molar-refractivity contribution < 1.29 is 22.0 Å². The zero-order valence-corrected chi connectivity index (χ0v) is 21.1. The van der Waals surface area contributed by atoms with E-state index >= 15 is 4.39 Å². The standard InChI is InChI=1S/C26H20F2N4O3S2/c1-2-10-37(34,35)32-19-6-5-18(27)23(24(19)28)25(33)20-12-16-11-17(14-30-26(16)31-20)22-8-7-21(36-22)15-4-3-9-29-13-15/h3-9,11-14,32H,2,10H2,1H3,(H,30,31). The van der Waals surface area contributed by atoms with Crippen LogP contribution in [0, 0.1) is 11.6 Å². The van der Waals surface area contributed by atoms with Crippen LogP contribution in [-0.2, 0) is 10.0 Å². The number of ketones is 1. The molecule has 0 atom stereocenters. The first-order valence-corrected chi connectivity index (χ1v) is 13.7. The van der Waals surface area contributed by atoms with E-state index in [1.54, 1.807) is 36.9 Å². The summed E-state index contributed by atoms with van der Waals surface area (Å²) in [6.45, 7) is 1.66. The summed E-state index contributed by atoms with van der Waals surface area (Å²) in [6.07, 6.45) is 5.45. The second kappa shape index (κ2) is 9.83. The Kier molecular flexibility index (Phi) is 6.57. The number of carbonyl (C=O) groups is 1. The number of nitrogens with one attached hydrogen (secondary N) is 2. The van der Waals surface area contributed by atoms with Crippen LogP contribution in [0.5, 0.6) is 0 Å². The number of aromatic amines is 1. The minimum absolute atomic E-state index is 0.0757. The molecule has 0 saturated carbocycles. The van der Waals surface area contributed by atoms with Crippen molar-refractivity contribution in [2.45, 2.75) is 13.3 Å². The summed E-state index contributed by atoms with van der Waals surface area (Å²) in [5.41, 5.74) is 0.755. The predicted molar refractivity (Wildman–Crippen MR) is 140 cm³/mol. The van der Waals surface area contributed by atoms with Gasteiger partial charge in [0.2, 0.25) is 15.8 Å². The van der Waals surface area contributed by atoms with Gasteiger partial charge in [-0.05, 0) is 48.9 Å². The maximum Gasteiger partial charge on any atom is 0.232 e. The summed E-state index contributed by atoms with van der Waals surface area (Å²) in [4.78, 5) is 26.4. The van der Waals surface area contributed by atoms with E-state index in [4.69, 9.17) is 0 Å². The Morgan fingerprint density at radius 1 is 1.05 bits per heavy atom. The van der Waals surface area contributed by atoms with Gasteiger partial charge in [-0.1, -0.05) is 13.0 Å². The molecular weight excluding hydrogens is 518 g/mol. The molecule has 0 bridgehead atoms. The second-order valence-electron chi connectivity index (χ2n) is 8.28. The molecule has 4 aromatic heterocycles. The molecule has 2 N–H and O–H groups in total. The Bertz CT molecular complexity index is 1730. The molecule has 0 saturated heterocycles. The van der Waals surface area contributed by atoms with Gasteiger partial charge in [-0.25, -0.2) is 22.2 Å². The smallest absolute Gasteiger partial charge is 0.232 e. The van der Waals surface area contributed by atoms with Gasteiger partial charge in [0.15, 0.2) is 5.82 Å². The molecule has 188 valence electrons. The van der Waals surface area contributed by atoms with Crippen molar-refractivity contribution in [3.05, 3.63) is 90.0 Å². The van der Waals surface area contributed by atoms with Crippen LogP contribution in [0.4, 0.5) is 14.5 Å². The molecule has 11 heteroatoms. The monoisotopic (exact) mass is 538 g/mol. The van der Waals surface area contributed by atoms with Gasteiger partial charge in [0, 0.05) is 44.9 Å². The van der Waals surface area contributed by atoms with E-state index in [0.29, 0.717) is 17.5 Å². The summed E-state index contributed by atoms with van der Waals surface area (Å²) < 4.78 is 55.9. The zero-order chi connectivity index (χ0) is 26.2. The second-order valence-corrected chi connectivity index (χ2v) is 11.2. The molecule has 4 heterocycles. The van der Waals surface area contributed by atoms with E-state index < -0.39 is 38.7 Å². The first kappa shape index (κ1) is 24.7. The fraction of sp³-hybridized carbons (Fsp3) is 0.115. The van der Waals surface area contributed by atoms with Crippen molar-refractivity contribution >= 4 is 43.9 Å². The van der Waals surface area contributed by atoms with Crippen LogP contribution < -0.4 is 4.72 Å². The number of benzene rings is 1. The van der Waals surface area contributed by atoms with E-state index in [0.717, 1.165) is 33.0 Å². The number of H-pyrrole nitrogens is 1. The highest BCUT2D eigenvalue weighted by Crippen LogP contribution is 2.35. The fourth-order valence-electron chi connectivity index (χ4n) is 3.89. The molecule has 0 aliphatic heterocycles. The third-order valence-corrected chi connectivity index (χ3v) is 8.27. The van der Waals surface area contributed by atoms with Gasteiger partial charge in [0.1, 0.15) is 11.5 Å². The molecule has 5 rings (SSSR count). The highest BCUT2D eigenvalue weighted by Gasteiger charge is 2.25. The van der Waals surface area contributed by atoms with Gasteiger partial charge in [0.05, 0.1) is 22.7 Å². The van der Waals surface area contributed by atoms with Crippen LogP contribution in [0.15, 0.2) is 67.1 Å². The number of sulfonamides is 1. The lowest BCUT2D eigenvalue weighted by Gasteiger charge is -2.11. The lowest BCUT2D eigenvalue weighted by atomic mass is 10.1. The molecule has 37 heavy (non-hydrogen) atoms. The predicted octanol–water partition coefficient (Wildman–Crippen LogP) is 6.01. The minimum Gasteiger partial charge on any atom is -0.337 e. The molecule has 0 fully saturated rings. The highest BCUT2D eigenvalue weighted by atomic mass is 32.2. The van der Waals surface area contributed by atoms with Crippen molar-refractivity contribution in [3.63, 3.8) is 0 Å². The van der Waals surface area contributed by atoms with Gasteiger partial charge in [-0.15, -0.1) is 11.3 Å². The molecule has 0 radical (unpaired) electrons. The molecule has 0 unspecified atom stereocenters. The summed E-state index contributed by atoms with van der Waals surface area (Å²) in [6, 6.07) is 12.9. The van der Waals surface area contributed by atoms with Crippen molar-refractivity contribution in [2.75, 3.05) is 10.5 Å². The van der Waals surface area contributed by atoms with E-state index in [9.17, 15) is 17.6 Å². The van der Waals surface area contributed by atoms with E-state index in [-0.39, 0.29) is 11.4 Å². The maximum atomic E-state index is 15.1. The quantitative estimate of drug-likeness (QED) is 0.235. The van der Waals surface area contributed by atoms with Crippen molar-refractivity contribution in [2.24, 2.45) is 0 Å². The molecule has 1 aromatic carbocycles. The number of pyridine rings is 2. The number of carbonyl (C=O) groups excluding carboxylic acids is 1. The zero-order valence-electron chi connectivity index (χ0n) is 19.5. The SMILES string of the molecule is CCCS(=O)(=O)Nc1ccc(F)c(C(=O)c2cc3cc(-c4ccc(-c5cccnc5)s4)cnc3[nH]2)c1F. The molecule has 0 amide bonds. The van der Waals surface area contributed by atoms with E-state index in [1.807, 2.05) is 30.3 Å².